The third-order valence-electron chi connectivity index (χ3n) is 3.72. The molecule has 0 saturated carbocycles. The van der Waals surface area contributed by atoms with Gasteiger partial charge in [-0.1, -0.05) is 0 Å². The molecule has 3 N–H and O–H groups in total. The molecule has 0 aliphatic carbocycles. The van der Waals surface area contributed by atoms with Crippen LogP contribution in [0.2, 0.25) is 5.28 Å². The van der Waals surface area contributed by atoms with E-state index in [0.29, 0.717) is 28.9 Å². The van der Waals surface area contributed by atoms with Crippen molar-refractivity contribution in [3.8, 4) is 0 Å². The van der Waals surface area contributed by atoms with E-state index in [1.54, 1.807) is 10.6 Å². The smallest absolute Gasteiger partial charge is 0.243 e. The molecule has 5 nitrogen and oxygen atoms in total. The molecule has 2 atom stereocenters. The van der Waals surface area contributed by atoms with Crippen molar-refractivity contribution in [1.29, 1.82) is 0 Å². The predicted molar refractivity (Wildman–Crippen MR) is 99.6 cm³/mol. The Kier molecular flexibility index (Phi) is 5.57. The fraction of sp³-hybridized carbons (Fsp3) is 0.333. The summed E-state index contributed by atoms with van der Waals surface area (Å²) in [5, 5.41) is 7.10. The molecule has 0 aromatic carbocycles. The van der Waals surface area contributed by atoms with Gasteiger partial charge >= 0.3 is 0 Å². The molecule has 0 aliphatic rings. The van der Waals surface area contributed by atoms with Gasteiger partial charge in [0.2, 0.25) is 5.28 Å². The van der Waals surface area contributed by atoms with E-state index in [-0.39, 0.29) is 10.4 Å². The topological polar surface area (TPSA) is 68.2 Å². The van der Waals surface area contributed by atoms with Crippen LogP contribution in [-0.2, 0) is 13.0 Å². The highest BCUT2D eigenvalue weighted by Crippen LogP contribution is 2.28. The van der Waals surface area contributed by atoms with Crippen molar-refractivity contribution in [3.63, 3.8) is 0 Å². The summed E-state index contributed by atoms with van der Waals surface area (Å²) in [7, 11) is 0. The van der Waals surface area contributed by atoms with E-state index in [1.807, 2.05) is 6.07 Å². The number of halogens is 4. The summed E-state index contributed by atoms with van der Waals surface area (Å²) in [5.41, 5.74) is 7.30. The fourth-order valence-electron chi connectivity index (χ4n) is 2.36. The maximum absolute atomic E-state index is 13.4. The predicted octanol–water partition coefficient (Wildman–Crippen LogP) is 4.19. The Hall–Kier alpha value is -1.29. The number of rotatable bonds is 6. The summed E-state index contributed by atoms with van der Waals surface area (Å²) in [4.78, 5) is 5.02. The Morgan fingerprint density at radius 1 is 1.48 bits per heavy atom. The maximum Gasteiger partial charge on any atom is 0.243 e. The highest BCUT2D eigenvalue weighted by Gasteiger charge is 2.19. The second-order valence-corrected chi connectivity index (χ2v) is 7.80. The lowest BCUT2D eigenvalue weighted by atomic mass is 10.1. The molecular formula is C15H15BrClF2N5S. The van der Waals surface area contributed by atoms with Gasteiger partial charge in [0.1, 0.15) is 16.3 Å². The van der Waals surface area contributed by atoms with Gasteiger partial charge in [-0.3, -0.25) is 0 Å². The van der Waals surface area contributed by atoms with Crippen LogP contribution in [0.1, 0.15) is 17.4 Å². The third kappa shape index (κ3) is 4.11. The van der Waals surface area contributed by atoms with E-state index < -0.39 is 12.2 Å². The van der Waals surface area contributed by atoms with E-state index in [1.165, 1.54) is 13.0 Å². The number of anilines is 1. The number of nitrogens with zero attached hydrogens (tertiary/aromatic N) is 3. The third-order valence-corrected chi connectivity index (χ3v) is 5.60. The van der Waals surface area contributed by atoms with Gasteiger partial charge in [-0.05, 0) is 64.6 Å². The van der Waals surface area contributed by atoms with Gasteiger partial charge in [0, 0.05) is 10.9 Å². The van der Waals surface area contributed by atoms with E-state index in [0.717, 1.165) is 21.8 Å². The fourth-order valence-corrected chi connectivity index (χ4v) is 3.73. The van der Waals surface area contributed by atoms with Crippen molar-refractivity contribution >= 4 is 50.2 Å². The lowest BCUT2D eigenvalue weighted by molar-refractivity contribution is 0.304. The molecule has 0 fully saturated rings. The quantitative estimate of drug-likeness (QED) is 0.591. The highest BCUT2D eigenvalue weighted by molar-refractivity contribution is 9.10. The average molecular weight is 451 g/mol. The van der Waals surface area contributed by atoms with Crippen LogP contribution in [0, 0.1) is 5.13 Å². The number of thiophene rings is 1. The van der Waals surface area contributed by atoms with E-state index in [4.69, 9.17) is 17.3 Å². The second kappa shape index (κ2) is 7.53. The van der Waals surface area contributed by atoms with Gasteiger partial charge in [-0.15, -0.1) is 16.4 Å². The van der Waals surface area contributed by atoms with Crippen LogP contribution >= 0.6 is 38.9 Å². The number of aromatic nitrogens is 3. The molecule has 3 heterocycles. The molecule has 0 unspecified atom stereocenters. The first-order chi connectivity index (χ1) is 11.8. The van der Waals surface area contributed by atoms with Crippen molar-refractivity contribution in [2.75, 3.05) is 5.32 Å². The van der Waals surface area contributed by atoms with Crippen molar-refractivity contribution in [2.45, 2.75) is 32.1 Å². The molecule has 0 spiro atoms. The lowest BCUT2D eigenvalue weighted by Crippen LogP contribution is -2.31. The number of hydrogen-bond acceptors (Lipinski definition) is 5. The Morgan fingerprint density at radius 3 is 2.88 bits per heavy atom. The zero-order chi connectivity index (χ0) is 18.1. The maximum atomic E-state index is 13.4. The largest absolute Gasteiger partial charge is 0.363 e. The molecule has 10 heteroatoms. The van der Waals surface area contributed by atoms with Gasteiger partial charge in [0.05, 0.1) is 6.54 Å². The van der Waals surface area contributed by atoms with Crippen LogP contribution in [0.15, 0.2) is 22.8 Å². The number of nitrogens with one attached hydrogen (secondary N) is 1. The Morgan fingerprint density at radius 2 is 2.24 bits per heavy atom. The summed E-state index contributed by atoms with van der Waals surface area (Å²) < 4.78 is 28.7. The van der Waals surface area contributed by atoms with Crippen LogP contribution in [0.25, 0.3) is 5.52 Å². The number of fused-ring (bicyclic) bond motifs is 1. The first kappa shape index (κ1) is 18.5. The van der Waals surface area contributed by atoms with Gasteiger partial charge in [0.15, 0.2) is 10.9 Å². The van der Waals surface area contributed by atoms with Crippen LogP contribution in [0.5, 0.6) is 0 Å². The van der Waals surface area contributed by atoms with Gasteiger partial charge in [-0.2, -0.15) is 9.37 Å². The van der Waals surface area contributed by atoms with Crippen LogP contribution in [0.4, 0.5) is 14.6 Å². The average Bonchev–Trinajstić information content (AvgIpc) is 3.10. The van der Waals surface area contributed by atoms with Gasteiger partial charge in [-0.25, -0.2) is 8.91 Å². The molecule has 0 radical (unpaired) electrons. The van der Waals surface area contributed by atoms with Gasteiger partial charge in [0.25, 0.3) is 0 Å². The molecule has 3 aromatic rings. The molecule has 3 rings (SSSR count). The molecule has 0 saturated heterocycles. The van der Waals surface area contributed by atoms with E-state index >= 15 is 0 Å². The molecule has 3 aromatic heterocycles. The number of alkyl halides is 1. The Balaban J connectivity index is 1.92. The Bertz CT molecular complexity index is 898. The molecular weight excluding hydrogens is 436 g/mol. The van der Waals surface area contributed by atoms with E-state index in [9.17, 15) is 8.78 Å². The SMILES string of the molecule is C[C@H](F)[C@H](N)Cc1cc2c(NCc3ccc(F)s3)nc(Cl)nn2c1Br. The summed E-state index contributed by atoms with van der Waals surface area (Å²) >= 11 is 10.5. The standard InChI is InChI=1S/C15H15BrClF2N5S/c1-7(18)10(20)4-8-5-11-14(21-6-9-2-3-12(19)25-9)22-15(17)23-24(11)13(8)16/h2-3,5,7,10H,4,6,20H2,1H3,(H,21,22,23)/t7-,10+/m0/s1. The van der Waals surface area contributed by atoms with Crippen molar-refractivity contribution in [3.05, 3.63) is 43.7 Å². The molecule has 0 amide bonds. The summed E-state index contributed by atoms with van der Waals surface area (Å²) in [6.07, 6.45) is -0.787. The Labute approximate surface area is 160 Å². The summed E-state index contributed by atoms with van der Waals surface area (Å²) in [5.74, 6) is 0.502. The highest BCUT2D eigenvalue weighted by atomic mass is 79.9. The zero-order valence-electron chi connectivity index (χ0n) is 13.1. The molecule has 134 valence electrons. The minimum atomic E-state index is -1.13. The second-order valence-electron chi connectivity index (χ2n) is 5.59. The minimum absolute atomic E-state index is 0.0540. The lowest BCUT2D eigenvalue weighted by Gasteiger charge is -2.11. The van der Waals surface area contributed by atoms with Crippen LogP contribution in [-0.4, -0.2) is 26.8 Å². The van der Waals surface area contributed by atoms with Crippen molar-refractivity contribution < 1.29 is 8.78 Å². The first-order valence-corrected chi connectivity index (χ1v) is 9.45. The molecule has 0 aliphatic heterocycles. The zero-order valence-corrected chi connectivity index (χ0v) is 16.3. The normalized spacial score (nSPS) is 14.0. The van der Waals surface area contributed by atoms with E-state index in [2.05, 4.69) is 31.3 Å². The number of nitrogens with two attached hydrogens (primary N) is 1. The number of hydrogen-bond donors (Lipinski definition) is 2. The van der Waals surface area contributed by atoms with Crippen molar-refractivity contribution in [2.24, 2.45) is 5.73 Å². The molecule has 25 heavy (non-hydrogen) atoms. The van der Waals surface area contributed by atoms with Crippen LogP contribution < -0.4 is 11.1 Å². The summed E-state index contributed by atoms with van der Waals surface area (Å²) in [6, 6.07) is 4.33. The monoisotopic (exact) mass is 449 g/mol. The summed E-state index contributed by atoms with van der Waals surface area (Å²) in [6.45, 7) is 1.83. The minimum Gasteiger partial charge on any atom is -0.363 e. The van der Waals surface area contributed by atoms with Crippen molar-refractivity contribution in [1.82, 2.24) is 14.6 Å². The van der Waals surface area contributed by atoms with Gasteiger partial charge < -0.3 is 11.1 Å². The van der Waals surface area contributed by atoms with Crippen LogP contribution in [0.3, 0.4) is 0 Å². The molecule has 0 bridgehead atoms. The first-order valence-electron chi connectivity index (χ1n) is 7.46.